The second-order valence-corrected chi connectivity index (χ2v) is 7.01. The molecule has 1 aliphatic carbocycles. The van der Waals surface area contributed by atoms with Gasteiger partial charge in [-0.1, -0.05) is 46.0 Å². The van der Waals surface area contributed by atoms with Gasteiger partial charge >= 0.3 is 0 Å². The molecular formula is C16H33ClN2O. The Bertz CT molecular complexity index is 276. The van der Waals surface area contributed by atoms with E-state index in [1.807, 2.05) is 11.9 Å². The van der Waals surface area contributed by atoms with Crippen LogP contribution in [0.3, 0.4) is 0 Å². The third kappa shape index (κ3) is 7.49. The van der Waals surface area contributed by atoms with Crippen LogP contribution in [0.4, 0.5) is 0 Å². The van der Waals surface area contributed by atoms with Gasteiger partial charge in [-0.2, -0.15) is 0 Å². The van der Waals surface area contributed by atoms with E-state index in [4.69, 9.17) is 5.73 Å². The molecule has 0 spiro atoms. The first kappa shape index (κ1) is 19.7. The summed E-state index contributed by atoms with van der Waals surface area (Å²) < 4.78 is 0. The zero-order valence-electron chi connectivity index (χ0n) is 13.5. The average Bonchev–Trinajstić information content (AvgIpc) is 2.39. The van der Waals surface area contributed by atoms with Gasteiger partial charge in [-0.25, -0.2) is 0 Å². The predicted molar refractivity (Wildman–Crippen MR) is 88.1 cm³/mol. The first-order chi connectivity index (χ1) is 8.94. The Hall–Kier alpha value is -0.280. The molecule has 1 aliphatic rings. The second kappa shape index (κ2) is 9.62. The van der Waals surface area contributed by atoms with Gasteiger partial charge in [0, 0.05) is 20.0 Å². The van der Waals surface area contributed by atoms with Gasteiger partial charge in [-0.3, -0.25) is 4.79 Å². The van der Waals surface area contributed by atoms with Gasteiger partial charge in [-0.15, -0.1) is 12.4 Å². The maximum absolute atomic E-state index is 12.1. The monoisotopic (exact) mass is 304 g/mol. The Kier molecular flexibility index (Phi) is 9.48. The maximum atomic E-state index is 12.1. The zero-order valence-corrected chi connectivity index (χ0v) is 14.3. The van der Waals surface area contributed by atoms with Crippen molar-refractivity contribution in [3.05, 3.63) is 0 Å². The number of carbonyl (C=O) groups excluding carboxylic acids is 1. The number of carbonyl (C=O) groups is 1. The highest BCUT2D eigenvalue weighted by atomic mass is 35.5. The van der Waals surface area contributed by atoms with Crippen molar-refractivity contribution in [2.45, 2.75) is 65.2 Å². The Morgan fingerprint density at radius 3 is 2.40 bits per heavy atom. The van der Waals surface area contributed by atoms with Gasteiger partial charge < -0.3 is 10.6 Å². The molecule has 0 unspecified atom stereocenters. The number of nitrogens with zero attached hydrogens (tertiary/aromatic N) is 1. The first-order valence-corrected chi connectivity index (χ1v) is 7.88. The minimum Gasteiger partial charge on any atom is -0.345 e. The highest BCUT2D eigenvalue weighted by molar-refractivity contribution is 5.85. The lowest BCUT2D eigenvalue weighted by molar-refractivity contribution is -0.131. The van der Waals surface area contributed by atoms with Crippen molar-refractivity contribution in [3.8, 4) is 0 Å². The molecule has 0 atom stereocenters. The Balaban J connectivity index is 0.00000361. The van der Waals surface area contributed by atoms with Crippen molar-refractivity contribution in [1.29, 1.82) is 0 Å². The SMILES string of the molecule is CN(CC(C)(C)CN)C(=O)CCCC1CCCCC1.Cl. The topological polar surface area (TPSA) is 46.3 Å². The van der Waals surface area contributed by atoms with Crippen molar-refractivity contribution in [1.82, 2.24) is 4.90 Å². The molecule has 0 saturated heterocycles. The fourth-order valence-corrected chi connectivity index (χ4v) is 3.00. The molecule has 0 aromatic rings. The summed E-state index contributed by atoms with van der Waals surface area (Å²) in [6.45, 7) is 5.59. The molecule has 3 nitrogen and oxygen atoms in total. The molecule has 0 bridgehead atoms. The molecule has 0 aromatic heterocycles. The lowest BCUT2D eigenvalue weighted by atomic mass is 9.86. The smallest absolute Gasteiger partial charge is 0.222 e. The molecule has 1 amide bonds. The van der Waals surface area contributed by atoms with Crippen molar-refractivity contribution < 1.29 is 4.79 Å². The third-order valence-electron chi connectivity index (χ3n) is 4.37. The fourth-order valence-electron chi connectivity index (χ4n) is 3.00. The Labute approximate surface area is 131 Å². The van der Waals surface area contributed by atoms with Crippen LogP contribution in [-0.2, 0) is 4.79 Å². The number of hydrogen-bond acceptors (Lipinski definition) is 2. The van der Waals surface area contributed by atoms with Crippen molar-refractivity contribution >= 4 is 18.3 Å². The van der Waals surface area contributed by atoms with E-state index in [0.29, 0.717) is 13.0 Å². The summed E-state index contributed by atoms with van der Waals surface area (Å²) in [6, 6.07) is 0. The number of rotatable bonds is 7. The van der Waals surface area contributed by atoms with Crippen LogP contribution in [0, 0.1) is 11.3 Å². The lowest BCUT2D eigenvalue weighted by Gasteiger charge is -2.29. The van der Waals surface area contributed by atoms with Crippen molar-refractivity contribution in [2.24, 2.45) is 17.1 Å². The minimum atomic E-state index is 0. The molecule has 1 rings (SSSR count). The summed E-state index contributed by atoms with van der Waals surface area (Å²) in [5, 5.41) is 0. The highest BCUT2D eigenvalue weighted by Gasteiger charge is 2.21. The standard InChI is InChI=1S/C16H32N2O.ClH/c1-16(2,12-17)13-18(3)15(19)11-7-10-14-8-5-4-6-9-14;/h14H,4-13,17H2,1-3H3;1H. The molecule has 20 heavy (non-hydrogen) atoms. The molecule has 0 heterocycles. The summed E-state index contributed by atoms with van der Waals surface area (Å²) in [6.07, 6.45) is 9.94. The predicted octanol–water partition coefficient (Wildman–Crippen LogP) is 3.60. The number of amides is 1. The van der Waals surface area contributed by atoms with Gasteiger partial charge in [0.05, 0.1) is 0 Å². The molecule has 0 radical (unpaired) electrons. The van der Waals surface area contributed by atoms with Crippen LogP contribution < -0.4 is 5.73 Å². The largest absolute Gasteiger partial charge is 0.345 e. The molecule has 120 valence electrons. The normalized spacial score (nSPS) is 16.6. The molecule has 2 N–H and O–H groups in total. The van der Waals surface area contributed by atoms with E-state index >= 15 is 0 Å². The van der Waals surface area contributed by atoms with Crippen molar-refractivity contribution in [3.63, 3.8) is 0 Å². The van der Waals surface area contributed by atoms with Gasteiger partial charge in [0.2, 0.25) is 5.91 Å². The van der Waals surface area contributed by atoms with E-state index in [9.17, 15) is 4.79 Å². The summed E-state index contributed by atoms with van der Waals surface area (Å²) in [4.78, 5) is 13.9. The number of hydrogen-bond donors (Lipinski definition) is 1. The third-order valence-corrected chi connectivity index (χ3v) is 4.37. The van der Waals surface area contributed by atoms with E-state index in [-0.39, 0.29) is 23.7 Å². The van der Waals surface area contributed by atoms with Crippen LogP contribution in [0.2, 0.25) is 0 Å². The van der Waals surface area contributed by atoms with Crippen LogP contribution in [-0.4, -0.2) is 30.9 Å². The summed E-state index contributed by atoms with van der Waals surface area (Å²) in [7, 11) is 1.90. The van der Waals surface area contributed by atoms with Gasteiger partial charge in [0.25, 0.3) is 0 Å². The van der Waals surface area contributed by atoms with Gasteiger partial charge in [0.1, 0.15) is 0 Å². The van der Waals surface area contributed by atoms with Crippen LogP contribution in [0.5, 0.6) is 0 Å². The van der Waals surface area contributed by atoms with Crippen LogP contribution >= 0.6 is 12.4 Å². The quantitative estimate of drug-likeness (QED) is 0.781. The number of halogens is 1. The van der Waals surface area contributed by atoms with E-state index < -0.39 is 0 Å². The van der Waals surface area contributed by atoms with Crippen LogP contribution in [0.15, 0.2) is 0 Å². The average molecular weight is 305 g/mol. The van der Waals surface area contributed by atoms with E-state index in [1.165, 1.54) is 38.5 Å². The molecule has 0 aliphatic heterocycles. The van der Waals surface area contributed by atoms with E-state index in [0.717, 1.165) is 18.9 Å². The molecule has 4 heteroatoms. The summed E-state index contributed by atoms with van der Waals surface area (Å²) in [5.74, 6) is 1.16. The minimum absolute atomic E-state index is 0. The summed E-state index contributed by atoms with van der Waals surface area (Å²) in [5.41, 5.74) is 5.74. The fraction of sp³-hybridized carbons (Fsp3) is 0.938. The van der Waals surface area contributed by atoms with E-state index in [1.54, 1.807) is 0 Å². The van der Waals surface area contributed by atoms with Gasteiger partial charge in [0.15, 0.2) is 0 Å². The highest BCUT2D eigenvalue weighted by Crippen LogP contribution is 2.27. The first-order valence-electron chi connectivity index (χ1n) is 7.88. The Morgan fingerprint density at radius 2 is 1.85 bits per heavy atom. The molecule has 0 aromatic carbocycles. The molecule has 1 fully saturated rings. The van der Waals surface area contributed by atoms with Crippen molar-refractivity contribution in [2.75, 3.05) is 20.1 Å². The number of nitrogens with two attached hydrogens (primary N) is 1. The lowest BCUT2D eigenvalue weighted by Crippen LogP contribution is -2.39. The zero-order chi connectivity index (χ0) is 14.3. The summed E-state index contributed by atoms with van der Waals surface area (Å²) >= 11 is 0. The van der Waals surface area contributed by atoms with Gasteiger partial charge in [-0.05, 0) is 30.7 Å². The maximum Gasteiger partial charge on any atom is 0.222 e. The second-order valence-electron chi connectivity index (χ2n) is 7.01. The van der Waals surface area contributed by atoms with E-state index in [2.05, 4.69) is 13.8 Å². The molecule has 1 saturated carbocycles. The molecular weight excluding hydrogens is 272 g/mol. The Morgan fingerprint density at radius 1 is 1.25 bits per heavy atom. The van der Waals surface area contributed by atoms with Crippen LogP contribution in [0.25, 0.3) is 0 Å². The van der Waals surface area contributed by atoms with Crippen LogP contribution in [0.1, 0.15) is 65.2 Å².